The molecule has 4 heteroatoms. The normalized spacial score (nSPS) is 20.1. The van der Waals surface area contributed by atoms with Crippen LogP contribution < -0.4 is 5.43 Å². The second-order valence-corrected chi connectivity index (χ2v) is 5.79. The van der Waals surface area contributed by atoms with Crippen molar-refractivity contribution in [2.24, 2.45) is 11.0 Å². The predicted octanol–water partition coefficient (Wildman–Crippen LogP) is 3.43. The highest BCUT2D eigenvalue weighted by atomic mass is 16.3. The molecule has 1 saturated carbocycles. The summed E-state index contributed by atoms with van der Waals surface area (Å²) in [6.45, 7) is 1.99. The first-order valence-electron chi connectivity index (χ1n) is 7.89. The van der Waals surface area contributed by atoms with Crippen molar-refractivity contribution in [3.05, 3.63) is 65.7 Å². The highest BCUT2D eigenvalue weighted by Gasteiger charge is 2.43. The zero-order valence-electron chi connectivity index (χ0n) is 13.1. The first kappa shape index (κ1) is 15.3. The zero-order valence-corrected chi connectivity index (χ0v) is 13.1. The van der Waals surface area contributed by atoms with Gasteiger partial charge in [0, 0.05) is 5.92 Å². The van der Waals surface area contributed by atoms with Crippen molar-refractivity contribution >= 4 is 11.6 Å². The van der Waals surface area contributed by atoms with E-state index in [0.717, 1.165) is 17.7 Å². The molecule has 3 rings (SSSR count). The number of rotatable bonds is 5. The lowest BCUT2D eigenvalue weighted by atomic mass is 10.1. The van der Waals surface area contributed by atoms with Crippen LogP contribution in [-0.4, -0.2) is 16.7 Å². The van der Waals surface area contributed by atoms with Gasteiger partial charge in [-0.25, -0.2) is 5.43 Å². The molecule has 0 unspecified atom stereocenters. The molecule has 1 amide bonds. The molecule has 2 N–H and O–H groups in total. The van der Waals surface area contributed by atoms with Crippen LogP contribution in [0.1, 0.15) is 36.8 Å². The van der Waals surface area contributed by atoms with E-state index in [9.17, 15) is 9.90 Å². The maximum Gasteiger partial charge on any atom is 0.243 e. The summed E-state index contributed by atoms with van der Waals surface area (Å²) in [5.74, 6) is 0.518. The summed E-state index contributed by atoms with van der Waals surface area (Å²) in [5, 5.41) is 13.6. The minimum atomic E-state index is -0.0245. The summed E-state index contributed by atoms with van der Waals surface area (Å²) in [6.07, 6.45) is 1.59. The number of hydrogen-bond donors (Lipinski definition) is 2. The minimum Gasteiger partial charge on any atom is -0.508 e. The van der Waals surface area contributed by atoms with Gasteiger partial charge in [-0.3, -0.25) is 4.79 Å². The SMILES string of the molecule is CC/C(=N\NC(=O)[C@H]1C[C@@H]1c1ccccc1)c1ccc(O)cc1. The summed E-state index contributed by atoms with van der Waals surface area (Å²) in [6, 6.07) is 17.0. The molecule has 0 aliphatic heterocycles. The Hall–Kier alpha value is -2.62. The number of phenols is 1. The molecule has 23 heavy (non-hydrogen) atoms. The third-order valence-corrected chi connectivity index (χ3v) is 4.19. The van der Waals surface area contributed by atoms with Crippen LogP contribution in [0, 0.1) is 5.92 Å². The number of hydrazone groups is 1. The summed E-state index contributed by atoms with van der Waals surface area (Å²) in [7, 11) is 0. The minimum absolute atomic E-state index is 0.0130. The van der Waals surface area contributed by atoms with Crippen molar-refractivity contribution < 1.29 is 9.90 Å². The van der Waals surface area contributed by atoms with E-state index in [1.807, 2.05) is 25.1 Å². The first-order valence-corrected chi connectivity index (χ1v) is 7.89. The van der Waals surface area contributed by atoms with Gasteiger partial charge in [0.1, 0.15) is 5.75 Å². The number of nitrogens with one attached hydrogen (secondary N) is 1. The fourth-order valence-corrected chi connectivity index (χ4v) is 2.76. The van der Waals surface area contributed by atoms with Crippen molar-refractivity contribution in [3.8, 4) is 5.75 Å². The number of benzene rings is 2. The quantitative estimate of drug-likeness (QED) is 0.656. The number of aromatic hydroxyl groups is 1. The van der Waals surface area contributed by atoms with Crippen molar-refractivity contribution in [2.45, 2.75) is 25.7 Å². The Morgan fingerprint density at radius 2 is 1.87 bits per heavy atom. The Balaban J connectivity index is 1.63. The molecule has 0 bridgehead atoms. The molecule has 2 aromatic carbocycles. The predicted molar refractivity (Wildman–Crippen MR) is 90.4 cm³/mol. The van der Waals surface area contributed by atoms with E-state index in [2.05, 4.69) is 22.7 Å². The molecule has 1 aliphatic carbocycles. The standard InChI is InChI=1S/C19H20N2O2/c1-2-18(14-8-10-15(22)11-9-14)20-21-19(23)17-12-16(17)13-6-4-3-5-7-13/h3-11,16-17,22H,2,12H2,1H3,(H,21,23)/b20-18+/t16-,17+/m1/s1. The van der Waals surface area contributed by atoms with Crippen LogP contribution in [0.2, 0.25) is 0 Å². The highest BCUT2D eigenvalue weighted by Crippen LogP contribution is 2.47. The fourth-order valence-electron chi connectivity index (χ4n) is 2.76. The van der Waals surface area contributed by atoms with Crippen LogP contribution in [0.4, 0.5) is 0 Å². The summed E-state index contributed by atoms with van der Waals surface area (Å²) in [5.41, 5.74) is 5.61. The van der Waals surface area contributed by atoms with Gasteiger partial charge in [-0.15, -0.1) is 0 Å². The van der Waals surface area contributed by atoms with E-state index >= 15 is 0 Å². The maximum absolute atomic E-state index is 12.2. The number of carbonyl (C=O) groups is 1. The van der Waals surface area contributed by atoms with Gasteiger partial charge in [0.2, 0.25) is 5.91 Å². The molecule has 1 fully saturated rings. The molecular weight excluding hydrogens is 288 g/mol. The van der Waals surface area contributed by atoms with Gasteiger partial charge < -0.3 is 5.11 Å². The number of nitrogens with zero attached hydrogens (tertiary/aromatic N) is 1. The van der Waals surface area contributed by atoms with E-state index in [1.165, 1.54) is 5.56 Å². The van der Waals surface area contributed by atoms with E-state index < -0.39 is 0 Å². The fraction of sp³-hybridized carbons (Fsp3) is 0.263. The largest absolute Gasteiger partial charge is 0.508 e. The lowest BCUT2D eigenvalue weighted by Crippen LogP contribution is -2.22. The summed E-state index contributed by atoms with van der Waals surface area (Å²) >= 11 is 0. The third kappa shape index (κ3) is 3.59. The lowest BCUT2D eigenvalue weighted by Gasteiger charge is -2.05. The second-order valence-electron chi connectivity index (χ2n) is 5.79. The molecule has 4 nitrogen and oxygen atoms in total. The van der Waals surface area contributed by atoms with Crippen LogP contribution in [0.5, 0.6) is 5.75 Å². The molecule has 1 aliphatic rings. The van der Waals surface area contributed by atoms with Gasteiger partial charge in [0.05, 0.1) is 5.71 Å². The van der Waals surface area contributed by atoms with Crippen LogP contribution in [-0.2, 0) is 4.79 Å². The van der Waals surface area contributed by atoms with Crippen molar-refractivity contribution in [3.63, 3.8) is 0 Å². The van der Waals surface area contributed by atoms with Crippen LogP contribution >= 0.6 is 0 Å². The smallest absolute Gasteiger partial charge is 0.243 e. The van der Waals surface area contributed by atoms with Gasteiger partial charge >= 0.3 is 0 Å². The molecule has 0 saturated heterocycles. The number of phenolic OH excluding ortho intramolecular Hbond substituents is 1. The van der Waals surface area contributed by atoms with E-state index in [4.69, 9.17) is 0 Å². The van der Waals surface area contributed by atoms with Crippen LogP contribution in [0.25, 0.3) is 0 Å². The van der Waals surface area contributed by atoms with E-state index in [1.54, 1.807) is 24.3 Å². The average molecular weight is 308 g/mol. The Kier molecular flexibility index (Phi) is 4.42. The monoisotopic (exact) mass is 308 g/mol. The number of hydrogen-bond acceptors (Lipinski definition) is 3. The van der Waals surface area contributed by atoms with Crippen LogP contribution in [0.15, 0.2) is 59.7 Å². The van der Waals surface area contributed by atoms with Crippen molar-refractivity contribution in [2.75, 3.05) is 0 Å². The Morgan fingerprint density at radius 1 is 1.17 bits per heavy atom. The van der Waals surface area contributed by atoms with E-state index in [0.29, 0.717) is 12.3 Å². The molecule has 118 valence electrons. The van der Waals surface area contributed by atoms with Crippen molar-refractivity contribution in [1.82, 2.24) is 5.43 Å². The zero-order chi connectivity index (χ0) is 16.2. The van der Waals surface area contributed by atoms with Crippen LogP contribution in [0.3, 0.4) is 0 Å². The summed E-state index contributed by atoms with van der Waals surface area (Å²) < 4.78 is 0. The molecule has 2 aromatic rings. The Bertz CT molecular complexity index is 708. The molecule has 0 heterocycles. The number of amides is 1. The molecule has 0 aromatic heterocycles. The average Bonchev–Trinajstić information content (AvgIpc) is 3.38. The molecule has 0 spiro atoms. The summed E-state index contributed by atoms with van der Waals surface area (Å²) in [4.78, 5) is 12.2. The van der Waals surface area contributed by atoms with Gasteiger partial charge in [-0.2, -0.15) is 5.10 Å². The Labute approximate surface area is 135 Å². The molecule has 2 atom stereocenters. The van der Waals surface area contributed by atoms with Gasteiger partial charge in [0.15, 0.2) is 0 Å². The maximum atomic E-state index is 12.2. The first-order chi connectivity index (χ1) is 11.2. The topological polar surface area (TPSA) is 61.7 Å². The van der Waals surface area contributed by atoms with Gasteiger partial charge in [0.25, 0.3) is 0 Å². The molecule has 0 radical (unpaired) electrons. The van der Waals surface area contributed by atoms with Crippen molar-refractivity contribution in [1.29, 1.82) is 0 Å². The third-order valence-electron chi connectivity index (χ3n) is 4.19. The number of carbonyl (C=O) groups excluding carboxylic acids is 1. The molecular formula is C19H20N2O2. The van der Waals surface area contributed by atoms with Gasteiger partial charge in [-0.1, -0.05) is 37.3 Å². The van der Waals surface area contributed by atoms with Gasteiger partial charge in [-0.05, 0) is 54.2 Å². The van der Waals surface area contributed by atoms with E-state index in [-0.39, 0.29) is 17.6 Å². The lowest BCUT2D eigenvalue weighted by molar-refractivity contribution is -0.122. The Morgan fingerprint density at radius 3 is 2.52 bits per heavy atom. The second kappa shape index (κ2) is 6.65. The highest BCUT2D eigenvalue weighted by molar-refractivity contribution is 6.01.